The summed E-state index contributed by atoms with van der Waals surface area (Å²) >= 11 is 6.23. The number of rotatable bonds is 7. The highest BCUT2D eigenvalue weighted by molar-refractivity contribution is 6.32. The van der Waals surface area contributed by atoms with E-state index in [4.69, 9.17) is 16.3 Å². The molecule has 0 saturated heterocycles. The van der Waals surface area contributed by atoms with Gasteiger partial charge in [-0.05, 0) is 53.6 Å². The number of nitriles is 1. The molecule has 0 bridgehead atoms. The van der Waals surface area contributed by atoms with E-state index in [-0.39, 0.29) is 28.6 Å². The van der Waals surface area contributed by atoms with Crippen LogP contribution in [0, 0.1) is 27.3 Å². The molecule has 0 fully saturated rings. The first-order valence-corrected chi connectivity index (χ1v) is 9.58. The zero-order valence-electron chi connectivity index (χ0n) is 16.4. The lowest BCUT2D eigenvalue weighted by Crippen LogP contribution is -2.20. The Kier molecular flexibility index (Phi) is 7.16. The van der Waals surface area contributed by atoms with Crippen LogP contribution < -0.4 is 10.1 Å². The number of nitro benzene ring substituents is 1. The van der Waals surface area contributed by atoms with Crippen molar-refractivity contribution in [3.63, 3.8) is 0 Å². The third-order valence-corrected chi connectivity index (χ3v) is 4.54. The van der Waals surface area contributed by atoms with Crippen LogP contribution in [0.3, 0.4) is 0 Å². The number of carbonyl (C=O) groups excluding carboxylic acids is 1. The van der Waals surface area contributed by atoms with Crippen molar-refractivity contribution in [2.24, 2.45) is 0 Å². The number of nitro groups is 1. The first-order valence-electron chi connectivity index (χ1n) is 9.20. The SMILES string of the molecule is N#CC(=Cc1ccc(OCC(=O)Nc2ccc(F)cc2)c(Cl)c1)c1cccc([N+](=O)[O-])c1. The van der Waals surface area contributed by atoms with Crippen LogP contribution >= 0.6 is 11.6 Å². The van der Waals surface area contributed by atoms with Crippen LogP contribution in [0.1, 0.15) is 11.1 Å². The highest BCUT2D eigenvalue weighted by Crippen LogP contribution is 2.28. The smallest absolute Gasteiger partial charge is 0.270 e. The van der Waals surface area contributed by atoms with E-state index in [1.54, 1.807) is 24.3 Å². The van der Waals surface area contributed by atoms with Crippen LogP contribution in [-0.4, -0.2) is 17.4 Å². The number of non-ortho nitro benzene ring substituents is 1. The summed E-state index contributed by atoms with van der Waals surface area (Å²) in [4.78, 5) is 22.4. The normalized spacial score (nSPS) is 10.8. The van der Waals surface area contributed by atoms with Crippen molar-refractivity contribution in [2.75, 3.05) is 11.9 Å². The molecule has 3 aromatic carbocycles. The lowest BCUT2D eigenvalue weighted by atomic mass is 10.0. The summed E-state index contributed by atoms with van der Waals surface area (Å²) in [5.41, 5.74) is 1.50. The molecular formula is C23H15ClFN3O4. The van der Waals surface area contributed by atoms with E-state index in [1.807, 2.05) is 6.07 Å². The maximum atomic E-state index is 12.9. The first kappa shape index (κ1) is 22.5. The highest BCUT2D eigenvalue weighted by Gasteiger charge is 2.11. The van der Waals surface area contributed by atoms with Gasteiger partial charge in [-0.15, -0.1) is 0 Å². The summed E-state index contributed by atoms with van der Waals surface area (Å²) in [5.74, 6) is -0.605. The monoisotopic (exact) mass is 451 g/mol. The molecule has 1 amide bonds. The summed E-state index contributed by atoms with van der Waals surface area (Å²) in [6, 6.07) is 17.8. The van der Waals surface area contributed by atoms with Gasteiger partial charge in [-0.25, -0.2) is 4.39 Å². The molecule has 0 radical (unpaired) electrons. The minimum atomic E-state index is -0.534. The lowest BCUT2D eigenvalue weighted by molar-refractivity contribution is -0.384. The van der Waals surface area contributed by atoms with E-state index >= 15 is 0 Å². The molecule has 0 aromatic heterocycles. The van der Waals surface area contributed by atoms with E-state index in [0.29, 0.717) is 16.8 Å². The summed E-state index contributed by atoms with van der Waals surface area (Å²) in [5, 5.41) is 23.2. The predicted molar refractivity (Wildman–Crippen MR) is 119 cm³/mol. The Morgan fingerprint density at radius 3 is 2.59 bits per heavy atom. The Labute approximate surface area is 187 Å². The van der Waals surface area contributed by atoms with Crippen molar-refractivity contribution in [1.29, 1.82) is 5.26 Å². The Bertz CT molecular complexity index is 1240. The summed E-state index contributed by atoms with van der Waals surface area (Å²) in [7, 11) is 0. The number of amides is 1. The topological polar surface area (TPSA) is 105 Å². The molecule has 0 heterocycles. The molecule has 9 heteroatoms. The average Bonchev–Trinajstić information content (AvgIpc) is 2.78. The summed E-state index contributed by atoms with van der Waals surface area (Å²) in [6.45, 7) is -0.316. The average molecular weight is 452 g/mol. The Balaban J connectivity index is 1.69. The lowest BCUT2D eigenvalue weighted by Gasteiger charge is -2.09. The zero-order chi connectivity index (χ0) is 23.1. The molecule has 0 aliphatic heterocycles. The van der Waals surface area contributed by atoms with Gasteiger partial charge in [-0.3, -0.25) is 14.9 Å². The van der Waals surface area contributed by atoms with Crippen molar-refractivity contribution < 1.29 is 18.8 Å². The quantitative estimate of drug-likeness (QED) is 0.222. The molecule has 160 valence electrons. The largest absolute Gasteiger partial charge is 0.482 e. The Morgan fingerprint density at radius 2 is 1.94 bits per heavy atom. The van der Waals surface area contributed by atoms with Gasteiger partial charge in [0.1, 0.15) is 11.6 Å². The van der Waals surface area contributed by atoms with Gasteiger partial charge in [0.15, 0.2) is 6.61 Å². The number of carbonyl (C=O) groups is 1. The van der Waals surface area contributed by atoms with Gasteiger partial charge in [0.25, 0.3) is 11.6 Å². The molecule has 0 aliphatic carbocycles. The predicted octanol–water partition coefficient (Wildman–Crippen LogP) is 5.47. The van der Waals surface area contributed by atoms with E-state index in [2.05, 4.69) is 5.32 Å². The van der Waals surface area contributed by atoms with Crippen molar-refractivity contribution in [2.45, 2.75) is 0 Å². The number of halogens is 2. The molecule has 0 saturated carbocycles. The fourth-order valence-corrected chi connectivity index (χ4v) is 2.97. The minimum Gasteiger partial charge on any atom is -0.482 e. The van der Waals surface area contributed by atoms with Gasteiger partial charge < -0.3 is 10.1 Å². The second-order valence-corrected chi connectivity index (χ2v) is 6.92. The number of benzene rings is 3. The molecular weight excluding hydrogens is 437 g/mol. The number of hydrogen-bond donors (Lipinski definition) is 1. The molecule has 0 atom stereocenters. The van der Waals surface area contributed by atoms with E-state index < -0.39 is 16.6 Å². The van der Waals surface area contributed by atoms with Crippen LogP contribution in [-0.2, 0) is 4.79 Å². The molecule has 0 unspecified atom stereocenters. The molecule has 3 aromatic rings. The molecule has 3 rings (SSSR count). The second kappa shape index (κ2) is 10.2. The van der Waals surface area contributed by atoms with Crippen molar-refractivity contribution in [3.8, 4) is 11.8 Å². The maximum Gasteiger partial charge on any atom is 0.270 e. The standard InChI is InChI=1S/C23H15ClFN3O4/c24-21-11-15(10-17(13-26)16-2-1-3-20(12-16)28(30)31)4-9-22(21)32-14-23(29)27-19-7-5-18(25)6-8-19/h1-12H,14H2,(H,27,29). The fraction of sp³-hybridized carbons (Fsp3) is 0.0435. The van der Waals surface area contributed by atoms with Crippen molar-refractivity contribution in [1.82, 2.24) is 0 Å². The zero-order valence-corrected chi connectivity index (χ0v) is 17.2. The molecule has 0 spiro atoms. The van der Waals surface area contributed by atoms with Crippen molar-refractivity contribution in [3.05, 3.63) is 98.8 Å². The van der Waals surface area contributed by atoms with Crippen LogP contribution in [0.5, 0.6) is 5.75 Å². The first-order chi connectivity index (χ1) is 15.4. The number of allylic oxidation sites excluding steroid dienone is 1. The second-order valence-electron chi connectivity index (χ2n) is 6.51. The molecule has 0 aliphatic rings. The Hall–Kier alpha value is -4.22. The third kappa shape index (κ3) is 5.90. The number of nitrogens with one attached hydrogen (secondary N) is 1. The van der Waals surface area contributed by atoms with Crippen LogP contribution in [0.2, 0.25) is 5.02 Å². The summed E-state index contributed by atoms with van der Waals surface area (Å²) < 4.78 is 18.3. The van der Waals surface area contributed by atoms with Gasteiger partial charge in [0, 0.05) is 17.8 Å². The van der Waals surface area contributed by atoms with Gasteiger partial charge in [0.2, 0.25) is 0 Å². The van der Waals surface area contributed by atoms with E-state index in [9.17, 15) is 24.6 Å². The maximum absolute atomic E-state index is 12.9. The fourth-order valence-electron chi connectivity index (χ4n) is 2.73. The van der Waals surface area contributed by atoms with E-state index in [1.165, 1.54) is 48.5 Å². The number of anilines is 1. The Morgan fingerprint density at radius 1 is 1.19 bits per heavy atom. The molecule has 7 nitrogen and oxygen atoms in total. The van der Waals surface area contributed by atoms with Gasteiger partial charge in [-0.2, -0.15) is 5.26 Å². The van der Waals surface area contributed by atoms with Crippen LogP contribution in [0.15, 0.2) is 66.7 Å². The summed E-state index contributed by atoms with van der Waals surface area (Å²) in [6.07, 6.45) is 1.54. The van der Waals surface area contributed by atoms with Crippen molar-refractivity contribution >= 4 is 40.5 Å². The van der Waals surface area contributed by atoms with E-state index in [0.717, 1.165) is 0 Å². The molecule has 1 N–H and O–H groups in total. The van der Waals surface area contributed by atoms with Gasteiger partial charge in [-0.1, -0.05) is 29.8 Å². The third-order valence-electron chi connectivity index (χ3n) is 4.24. The molecule has 32 heavy (non-hydrogen) atoms. The minimum absolute atomic E-state index is 0.121. The van der Waals surface area contributed by atoms with Gasteiger partial charge in [0.05, 0.1) is 21.6 Å². The number of nitrogens with zero attached hydrogens (tertiary/aromatic N) is 2. The highest BCUT2D eigenvalue weighted by atomic mass is 35.5. The van der Waals surface area contributed by atoms with Gasteiger partial charge >= 0.3 is 0 Å². The van der Waals surface area contributed by atoms with Crippen LogP contribution in [0.4, 0.5) is 15.8 Å². The number of ether oxygens (including phenoxy) is 1. The number of hydrogen-bond acceptors (Lipinski definition) is 5. The van der Waals surface area contributed by atoms with Crippen LogP contribution in [0.25, 0.3) is 11.6 Å².